The molecule has 0 aliphatic heterocycles. The van der Waals surface area contributed by atoms with Gasteiger partial charge in [0.1, 0.15) is 6.04 Å². The zero-order chi connectivity index (χ0) is 20.8. The molecule has 29 heavy (non-hydrogen) atoms. The van der Waals surface area contributed by atoms with Crippen molar-refractivity contribution in [3.8, 4) is 0 Å². The van der Waals surface area contributed by atoms with Crippen molar-refractivity contribution in [2.45, 2.75) is 39.3 Å². The quantitative estimate of drug-likeness (QED) is 0.603. The summed E-state index contributed by atoms with van der Waals surface area (Å²) in [4.78, 5) is 28.2. The van der Waals surface area contributed by atoms with Crippen molar-refractivity contribution in [1.82, 2.24) is 10.6 Å². The molecule has 0 aliphatic carbocycles. The summed E-state index contributed by atoms with van der Waals surface area (Å²) in [5, 5.41) is 5.99. The Kier molecular flexibility index (Phi) is 6.83. The molecule has 2 aromatic carbocycles. The van der Waals surface area contributed by atoms with Gasteiger partial charge < -0.3 is 10.6 Å². The van der Waals surface area contributed by atoms with Crippen LogP contribution in [-0.2, 0) is 11.2 Å². The maximum atomic E-state index is 13.1. The number of rotatable bonds is 7. The number of carbonyl (C=O) groups is 2. The number of hydrogen-bond donors (Lipinski definition) is 2. The van der Waals surface area contributed by atoms with E-state index in [0.29, 0.717) is 12.0 Å². The van der Waals surface area contributed by atoms with E-state index in [1.807, 2.05) is 55.5 Å². The highest BCUT2D eigenvalue weighted by molar-refractivity contribution is 7.12. The fraction of sp³-hybridized carbons (Fsp3) is 0.250. The normalized spacial score (nSPS) is 12.8. The van der Waals surface area contributed by atoms with Crippen LogP contribution < -0.4 is 10.6 Å². The fourth-order valence-electron chi connectivity index (χ4n) is 3.36. The van der Waals surface area contributed by atoms with E-state index in [0.717, 1.165) is 11.1 Å². The predicted molar refractivity (Wildman–Crippen MR) is 118 cm³/mol. The van der Waals surface area contributed by atoms with Crippen LogP contribution >= 0.6 is 11.3 Å². The van der Waals surface area contributed by atoms with E-state index in [9.17, 15) is 9.59 Å². The summed E-state index contributed by atoms with van der Waals surface area (Å²) in [6, 6.07) is 20.0. The number of carbonyl (C=O) groups excluding carboxylic acids is 2. The molecular formula is C24H26N2O2S. The highest BCUT2D eigenvalue weighted by Crippen LogP contribution is 2.26. The number of nitrogens with one attached hydrogen (secondary N) is 2. The molecule has 3 aromatic rings. The Hall–Kier alpha value is -2.92. The summed E-state index contributed by atoms with van der Waals surface area (Å²) in [5.74, 6) is -0.439. The minimum absolute atomic E-state index is 0.126. The molecule has 150 valence electrons. The first-order valence-corrected chi connectivity index (χ1v) is 10.5. The minimum atomic E-state index is -0.660. The number of hydrogen-bond acceptors (Lipinski definition) is 3. The average molecular weight is 407 g/mol. The zero-order valence-electron chi connectivity index (χ0n) is 16.9. The van der Waals surface area contributed by atoms with E-state index in [2.05, 4.69) is 30.5 Å². The molecule has 5 heteroatoms. The largest absolute Gasteiger partial charge is 0.348 e. The summed E-state index contributed by atoms with van der Waals surface area (Å²) in [6.45, 7) is 6.10. The Labute approximate surface area is 176 Å². The summed E-state index contributed by atoms with van der Waals surface area (Å²) < 4.78 is 0. The van der Waals surface area contributed by atoms with Crippen LogP contribution in [-0.4, -0.2) is 17.9 Å². The van der Waals surface area contributed by atoms with Gasteiger partial charge in [-0.15, -0.1) is 11.3 Å². The summed E-state index contributed by atoms with van der Waals surface area (Å²) in [6.07, 6.45) is 0.430. The van der Waals surface area contributed by atoms with Crippen molar-refractivity contribution < 1.29 is 9.59 Å². The Morgan fingerprint density at radius 1 is 0.931 bits per heavy atom. The van der Waals surface area contributed by atoms with Crippen LogP contribution in [0.5, 0.6) is 0 Å². The lowest BCUT2D eigenvalue weighted by atomic mass is 10.0. The van der Waals surface area contributed by atoms with Gasteiger partial charge in [0.05, 0.1) is 6.04 Å². The van der Waals surface area contributed by atoms with E-state index in [1.54, 1.807) is 23.5 Å². The van der Waals surface area contributed by atoms with E-state index in [-0.39, 0.29) is 17.9 Å². The Morgan fingerprint density at radius 2 is 1.55 bits per heavy atom. The van der Waals surface area contributed by atoms with Crippen molar-refractivity contribution >= 4 is 23.2 Å². The molecule has 1 aromatic heterocycles. The first-order valence-electron chi connectivity index (χ1n) is 9.71. The second-order valence-corrected chi connectivity index (χ2v) is 8.64. The van der Waals surface area contributed by atoms with Gasteiger partial charge in [0.25, 0.3) is 5.91 Å². The molecular weight excluding hydrogens is 380 g/mol. The van der Waals surface area contributed by atoms with Crippen LogP contribution in [0.15, 0.2) is 66.7 Å². The smallest absolute Gasteiger partial charge is 0.251 e. The van der Waals surface area contributed by atoms with Gasteiger partial charge >= 0.3 is 0 Å². The molecule has 1 heterocycles. The Balaban J connectivity index is 1.76. The molecule has 0 unspecified atom stereocenters. The zero-order valence-corrected chi connectivity index (χ0v) is 17.8. The van der Waals surface area contributed by atoms with Crippen molar-refractivity contribution in [3.05, 3.63) is 93.2 Å². The molecule has 4 nitrogen and oxygen atoms in total. The van der Waals surface area contributed by atoms with Crippen LogP contribution in [0.4, 0.5) is 0 Å². The van der Waals surface area contributed by atoms with Crippen LogP contribution in [0.1, 0.15) is 44.2 Å². The molecule has 0 saturated heterocycles. The van der Waals surface area contributed by atoms with Crippen molar-refractivity contribution in [3.63, 3.8) is 0 Å². The van der Waals surface area contributed by atoms with Crippen molar-refractivity contribution in [2.75, 3.05) is 0 Å². The second-order valence-electron chi connectivity index (χ2n) is 7.18. The van der Waals surface area contributed by atoms with Crippen LogP contribution in [0.3, 0.4) is 0 Å². The van der Waals surface area contributed by atoms with Gasteiger partial charge in [-0.3, -0.25) is 9.59 Å². The van der Waals surface area contributed by atoms with Gasteiger partial charge in [-0.2, -0.15) is 0 Å². The molecule has 0 bridgehead atoms. The fourth-order valence-corrected chi connectivity index (χ4v) is 4.38. The third kappa shape index (κ3) is 5.55. The van der Waals surface area contributed by atoms with Gasteiger partial charge in [-0.1, -0.05) is 48.5 Å². The van der Waals surface area contributed by atoms with E-state index in [1.165, 1.54) is 9.75 Å². The van der Waals surface area contributed by atoms with Gasteiger partial charge in [0, 0.05) is 21.7 Å². The molecule has 0 saturated carbocycles. The molecule has 0 spiro atoms. The lowest BCUT2D eigenvalue weighted by Gasteiger charge is -2.22. The van der Waals surface area contributed by atoms with Crippen molar-refractivity contribution in [2.24, 2.45) is 0 Å². The Bertz CT molecular complexity index is 967. The van der Waals surface area contributed by atoms with Gasteiger partial charge in [0.15, 0.2) is 0 Å². The molecule has 0 aliphatic rings. The van der Waals surface area contributed by atoms with E-state index < -0.39 is 6.04 Å². The average Bonchev–Trinajstić information content (AvgIpc) is 3.07. The van der Waals surface area contributed by atoms with Gasteiger partial charge in [-0.05, 0) is 50.1 Å². The third-order valence-electron chi connectivity index (χ3n) is 4.85. The van der Waals surface area contributed by atoms with Crippen LogP contribution in [0.2, 0.25) is 0 Å². The lowest BCUT2D eigenvalue weighted by Crippen LogP contribution is -2.48. The molecule has 0 radical (unpaired) electrons. The van der Waals surface area contributed by atoms with Crippen LogP contribution in [0.25, 0.3) is 0 Å². The van der Waals surface area contributed by atoms with Crippen molar-refractivity contribution in [1.29, 1.82) is 0 Å². The number of amides is 2. The second kappa shape index (κ2) is 9.52. The predicted octanol–water partition coefficient (Wildman–Crippen LogP) is 4.58. The summed E-state index contributed by atoms with van der Waals surface area (Å²) >= 11 is 1.72. The number of benzene rings is 2. The van der Waals surface area contributed by atoms with Gasteiger partial charge in [0.2, 0.25) is 5.91 Å². The standard InChI is InChI=1S/C24H26N2O2S/c1-16-14-21(18(3)29-16)17(2)25-24(28)22(15-19-10-6-4-7-11-19)26-23(27)20-12-8-5-9-13-20/h4-14,17,22H,15H2,1-3H3,(H,25,28)(H,26,27)/t17-,22-/m0/s1. The maximum absolute atomic E-state index is 13.1. The number of aryl methyl sites for hydroxylation is 2. The molecule has 2 atom stereocenters. The highest BCUT2D eigenvalue weighted by atomic mass is 32.1. The first-order chi connectivity index (χ1) is 13.9. The van der Waals surface area contributed by atoms with Gasteiger partial charge in [-0.25, -0.2) is 0 Å². The Morgan fingerprint density at radius 3 is 2.14 bits per heavy atom. The molecule has 0 fully saturated rings. The monoisotopic (exact) mass is 406 g/mol. The highest BCUT2D eigenvalue weighted by Gasteiger charge is 2.24. The third-order valence-corrected chi connectivity index (χ3v) is 5.83. The SMILES string of the molecule is Cc1cc([C@H](C)NC(=O)[C@H](Cc2ccccc2)NC(=O)c2ccccc2)c(C)s1. The molecule has 2 amide bonds. The summed E-state index contributed by atoms with van der Waals surface area (Å²) in [7, 11) is 0. The molecule has 2 N–H and O–H groups in total. The molecule has 3 rings (SSSR count). The number of thiophene rings is 1. The van der Waals surface area contributed by atoms with Crippen LogP contribution in [0, 0.1) is 13.8 Å². The first kappa shape index (κ1) is 20.8. The minimum Gasteiger partial charge on any atom is -0.348 e. The maximum Gasteiger partial charge on any atom is 0.251 e. The van der Waals surface area contributed by atoms with E-state index in [4.69, 9.17) is 0 Å². The van der Waals surface area contributed by atoms with E-state index >= 15 is 0 Å². The lowest BCUT2D eigenvalue weighted by molar-refractivity contribution is -0.123. The topological polar surface area (TPSA) is 58.2 Å². The summed E-state index contributed by atoms with van der Waals surface area (Å²) in [5.41, 5.74) is 2.65.